The van der Waals surface area contributed by atoms with E-state index in [0.29, 0.717) is 17.7 Å². The maximum absolute atomic E-state index is 11.3. The van der Waals surface area contributed by atoms with Gasteiger partial charge in [0.1, 0.15) is 5.75 Å². The number of phenolic OH excluding ortho intramolecular Hbond substituents is 1. The first-order valence-corrected chi connectivity index (χ1v) is 7.29. The van der Waals surface area contributed by atoms with E-state index in [0.717, 1.165) is 16.3 Å². The van der Waals surface area contributed by atoms with Crippen LogP contribution in [0.25, 0.3) is 0 Å². The molecular weight excluding hydrogens is 254 g/mol. The summed E-state index contributed by atoms with van der Waals surface area (Å²) in [6.45, 7) is 5.49. The van der Waals surface area contributed by atoms with Crippen molar-refractivity contribution < 1.29 is 18.1 Å². The van der Waals surface area contributed by atoms with E-state index in [-0.39, 0.29) is 12.3 Å². The molecule has 0 heterocycles. The Hall–Kier alpha value is -1.27. The van der Waals surface area contributed by atoms with Crippen LogP contribution in [0.15, 0.2) is 12.1 Å². The highest BCUT2D eigenvalue weighted by Crippen LogP contribution is 2.32. The molecule has 1 aromatic carbocycles. The average molecular weight is 273 g/mol. The fourth-order valence-corrected chi connectivity index (χ4v) is 2.73. The van der Waals surface area contributed by atoms with Crippen molar-refractivity contribution in [2.75, 3.05) is 10.8 Å². The predicted molar refractivity (Wildman–Crippen MR) is 71.4 cm³/mol. The Morgan fingerprint density at radius 2 is 1.89 bits per heavy atom. The Balaban J connectivity index is 3.44. The van der Waals surface area contributed by atoms with Crippen LogP contribution in [0.2, 0.25) is 0 Å². The molecule has 18 heavy (non-hydrogen) atoms. The zero-order valence-corrected chi connectivity index (χ0v) is 11.7. The summed E-state index contributed by atoms with van der Waals surface area (Å²) in [6, 6.07) is 2.96. The first-order valence-electron chi connectivity index (χ1n) is 5.89. The van der Waals surface area contributed by atoms with E-state index in [1.54, 1.807) is 13.8 Å². The molecule has 0 amide bonds. The summed E-state index contributed by atoms with van der Waals surface area (Å²) in [5.41, 5.74) is 1.82. The van der Waals surface area contributed by atoms with E-state index in [2.05, 4.69) is 0 Å². The molecule has 0 aliphatic heterocycles. The molecule has 0 bridgehead atoms. The van der Waals surface area contributed by atoms with Crippen molar-refractivity contribution in [3.05, 3.63) is 23.3 Å². The van der Waals surface area contributed by atoms with Gasteiger partial charge in [-0.1, -0.05) is 13.3 Å². The minimum Gasteiger partial charge on any atom is -0.508 e. The van der Waals surface area contributed by atoms with Crippen LogP contribution in [0.3, 0.4) is 0 Å². The van der Waals surface area contributed by atoms with Gasteiger partial charge in [-0.15, -0.1) is 0 Å². The monoisotopic (exact) mass is 273 g/mol. The van der Waals surface area contributed by atoms with Crippen molar-refractivity contribution in [1.82, 2.24) is 0 Å². The predicted octanol–water partition coefficient (Wildman–Crippen LogP) is 2.28. The lowest BCUT2D eigenvalue weighted by molar-refractivity contribution is 0.468. The smallest absolute Gasteiger partial charge is 0.359 e. The topological polar surface area (TPSA) is 77.8 Å². The number of anilines is 1. The Bertz CT molecular complexity index is 525. The lowest BCUT2D eigenvalue weighted by Crippen LogP contribution is -2.31. The number of rotatable bonds is 5. The second-order valence-corrected chi connectivity index (χ2v) is 5.44. The number of benzene rings is 1. The van der Waals surface area contributed by atoms with Gasteiger partial charge in [0, 0.05) is 6.54 Å². The van der Waals surface area contributed by atoms with Crippen molar-refractivity contribution in [2.45, 2.75) is 33.6 Å². The highest BCUT2D eigenvalue weighted by molar-refractivity contribution is 7.87. The van der Waals surface area contributed by atoms with Gasteiger partial charge < -0.3 is 5.11 Å². The van der Waals surface area contributed by atoms with Crippen LogP contribution in [-0.4, -0.2) is 24.6 Å². The molecule has 0 atom stereocenters. The van der Waals surface area contributed by atoms with Crippen molar-refractivity contribution in [2.24, 2.45) is 0 Å². The molecular formula is C12H19NO4S. The molecule has 5 nitrogen and oxygen atoms in total. The third kappa shape index (κ3) is 2.94. The van der Waals surface area contributed by atoms with E-state index < -0.39 is 10.3 Å². The Labute approximate surface area is 108 Å². The van der Waals surface area contributed by atoms with Crippen molar-refractivity contribution in [1.29, 1.82) is 0 Å². The van der Waals surface area contributed by atoms with Gasteiger partial charge in [0.25, 0.3) is 0 Å². The number of hydrogen-bond donors (Lipinski definition) is 2. The van der Waals surface area contributed by atoms with Gasteiger partial charge in [0.15, 0.2) is 0 Å². The SMILES string of the molecule is CCCc1c(N(CC)S(=O)(=O)O)ccc(O)c1C. The van der Waals surface area contributed by atoms with Crippen LogP contribution in [0.1, 0.15) is 31.4 Å². The van der Waals surface area contributed by atoms with E-state index in [1.165, 1.54) is 12.1 Å². The van der Waals surface area contributed by atoms with Gasteiger partial charge in [-0.2, -0.15) is 8.42 Å². The van der Waals surface area contributed by atoms with E-state index in [4.69, 9.17) is 0 Å². The third-order valence-electron chi connectivity index (χ3n) is 2.88. The average Bonchev–Trinajstić information content (AvgIpc) is 2.27. The van der Waals surface area contributed by atoms with Crippen LogP contribution in [-0.2, 0) is 16.7 Å². The normalized spacial score (nSPS) is 11.6. The van der Waals surface area contributed by atoms with Gasteiger partial charge >= 0.3 is 10.3 Å². The molecule has 0 aliphatic carbocycles. The maximum atomic E-state index is 11.3. The molecule has 0 radical (unpaired) electrons. The van der Waals surface area contributed by atoms with Gasteiger partial charge in [0.2, 0.25) is 0 Å². The van der Waals surface area contributed by atoms with Crippen LogP contribution >= 0.6 is 0 Å². The Morgan fingerprint density at radius 3 is 2.33 bits per heavy atom. The minimum absolute atomic E-state index is 0.133. The quantitative estimate of drug-likeness (QED) is 0.807. The Kier molecular flexibility index (Phi) is 4.59. The number of hydrogen-bond acceptors (Lipinski definition) is 3. The fourth-order valence-electron chi connectivity index (χ4n) is 1.99. The highest BCUT2D eigenvalue weighted by Gasteiger charge is 2.22. The summed E-state index contributed by atoms with van der Waals surface area (Å²) in [5, 5.41) is 9.68. The van der Waals surface area contributed by atoms with Gasteiger partial charge in [-0.05, 0) is 43.5 Å². The largest absolute Gasteiger partial charge is 0.508 e. The van der Waals surface area contributed by atoms with Crippen LogP contribution in [0, 0.1) is 6.92 Å². The molecule has 0 unspecified atom stereocenters. The second-order valence-electron chi connectivity index (χ2n) is 4.10. The molecule has 1 rings (SSSR count). The number of nitrogens with zero attached hydrogens (tertiary/aromatic N) is 1. The molecule has 0 aromatic heterocycles. The third-order valence-corrected chi connectivity index (χ3v) is 3.89. The second kappa shape index (κ2) is 5.58. The molecule has 2 N–H and O–H groups in total. The van der Waals surface area contributed by atoms with E-state index >= 15 is 0 Å². The summed E-state index contributed by atoms with van der Waals surface area (Å²) in [4.78, 5) is 0. The summed E-state index contributed by atoms with van der Waals surface area (Å²) in [6.07, 6.45) is 1.46. The lowest BCUT2D eigenvalue weighted by atomic mass is 10.0. The van der Waals surface area contributed by atoms with Crippen molar-refractivity contribution >= 4 is 16.0 Å². The van der Waals surface area contributed by atoms with Crippen molar-refractivity contribution in [3.8, 4) is 5.75 Å². The molecule has 1 aromatic rings. The number of aromatic hydroxyl groups is 1. The molecule has 0 aliphatic rings. The molecule has 0 saturated carbocycles. The number of phenols is 1. The fraction of sp³-hybridized carbons (Fsp3) is 0.500. The van der Waals surface area contributed by atoms with Crippen LogP contribution in [0.4, 0.5) is 5.69 Å². The van der Waals surface area contributed by atoms with E-state index in [9.17, 15) is 18.1 Å². The zero-order chi connectivity index (χ0) is 13.9. The molecule has 0 spiro atoms. The van der Waals surface area contributed by atoms with Gasteiger partial charge in [-0.25, -0.2) is 4.31 Å². The van der Waals surface area contributed by atoms with Crippen molar-refractivity contribution in [3.63, 3.8) is 0 Å². The van der Waals surface area contributed by atoms with Crippen LogP contribution in [0.5, 0.6) is 5.75 Å². The Morgan fingerprint density at radius 1 is 1.28 bits per heavy atom. The highest BCUT2D eigenvalue weighted by atomic mass is 32.2. The molecule has 0 saturated heterocycles. The van der Waals surface area contributed by atoms with Gasteiger partial charge in [-0.3, -0.25) is 4.55 Å². The van der Waals surface area contributed by atoms with E-state index in [1.807, 2.05) is 6.92 Å². The molecule has 102 valence electrons. The summed E-state index contributed by atoms with van der Waals surface area (Å²) in [5.74, 6) is 0.133. The zero-order valence-electron chi connectivity index (χ0n) is 10.8. The van der Waals surface area contributed by atoms with Gasteiger partial charge in [0.05, 0.1) is 5.69 Å². The maximum Gasteiger partial charge on any atom is 0.359 e. The summed E-state index contributed by atoms with van der Waals surface area (Å²) >= 11 is 0. The first kappa shape index (κ1) is 14.8. The lowest BCUT2D eigenvalue weighted by Gasteiger charge is -2.23. The summed E-state index contributed by atoms with van der Waals surface area (Å²) < 4.78 is 32.8. The summed E-state index contributed by atoms with van der Waals surface area (Å²) in [7, 11) is -4.29. The molecule has 0 fully saturated rings. The molecule has 6 heteroatoms. The minimum atomic E-state index is -4.29. The first-order chi connectivity index (χ1) is 8.32. The standard InChI is InChI=1S/C12H19NO4S/c1-4-6-10-9(3)12(14)8-7-11(10)13(5-2)18(15,16)17/h7-8,14H,4-6H2,1-3H3,(H,15,16,17). The van der Waals surface area contributed by atoms with Crippen LogP contribution < -0.4 is 4.31 Å².